The molecule has 0 bridgehead atoms. The number of hydrogen-bond acceptors (Lipinski definition) is 5. The van der Waals surface area contributed by atoms with E-state index < -0.39 is 0 Å². The number of benzene rings is 1. The number of nitrogen functional groups attached to an aromatic ring is 1. The Balaban J connectivity index is 2.13. The van der Waals surface area contributed by atoms with Gasteiger partial charge in [-0.25, -0.2) is 4.79 Å². The van der Waals surface area contributed by atoms with E-state index >= 15 is 0 Å². The van der Waals surface area contributed by atoms with Crippen molar-refractivity contribution < 1.29 is 9.53 Å². The number of hydrogen-bond donors (Lipinski definition) is 2. The van der Waals surface area contributed by atoms with Gasteiger partial charge in [-0.2, -0.15) is 0 Å². The van der Waals surface area contributed by atoms with Crippen LogP contribution < -0.4 is 11.1 Å². The number of likely N-dealkylation sites (tertiary alicyclic amines) is 1. The second-order valence-electron chi connectivity index (χ2n) is 5.40. The quantitative estimate of drug-likeness (QED) is 0.644. The first-order chi connectivity index (χ1) is 10.1. The van der Waals surface area contributed by atoms with Crippen LogP contribution in [0, 0.1) is 0 Å². The molecule has 1 heterocycles. The van der Waals surface area contributed by atoms with Gasteiger partial charge in [0.05, 0.1) is 12.2 Å². The molecule has 3 N–H and O–H groups in total. The molecule has 0 amide bonds. The highest BCUT2D eigenvalue weighted by Gasteiger charge is 2.21. The summed E-state index contributed by atoms with van der Waals surface area (Å²) in [5.41, 5.74) is 7.70. The second-order valence-corrected chi connectivity index (χ2v) is 5.40. The number of nitrogens with two attached hydrogens (primary N) is 1. The average Bonchev–Trinajstić information content (AvgIpc) is 2.49. The highest BCUT2D eigenvalue weighted by molar-refractivity contribution is 5.96. The van der Waals surface area contributed by atoms with Crippen LogP contribution in [0.3, 0.4) is 0 Å². The molecule has 116 valence electrons. The zero-order chi connectivity index (χ0) is 15.2. The Bertz CT molecular complexity index is 490. The summed E-state index contributed by atoms with van der Waals surface area (Å²) in [6.07, 6.45) is 2.29. The monoisotopic (exact) mass is 291 g/mol. The van der Waals surface area contributed by atoms with E-state index in [4.69, 9.17) is 10.5 Å². The molecule has 5 heteroatoms. The molecule has 1 fully saturated rings. The molecule has 1 aliphatic rings. The maximum atomic E-state index is 12.1. The van der Waals surface area contributed by atoms with Crippen molar-refractivity contribution in [1.29, 1.82) is 0 Å². The van der Waals surface area contributed by atoms with Crippen LogP contribution in [0.2, 0.25) is 0 Å². The molecule has 1 aliphatic heterocycles. The van der Waals surface area contributed by atoms with Gasteiger partial charge in [0, 0.05) is 24.0 Å². The number of nitrogens with one attached hydrogen (secondary N) is 1. The van der Waals surface area contributed by atoms with Crippen molar-refractivity contribution in [2.45, 2.75) is 32.7 Å². The summed E-state index contributed by atoms with van der Waals surface area (Å²) >= 11 is 0. The van der Waals surface area contributed by atoms with Crippen molar-refractivity contribution in [2.24, 2.45) is 0 Å². The number of ether oxygens (including phenoxy) is 1. The molecule has 1 aromatic carbocycles. The van der Waals surface area contributed by atoms with Gasteiger partial charge in [0.2, 0.25) is 0 Å². The third kappa shape index (κ3) is 4.11. The zero-order valence-corrected chi connectivity index (χ0v) is 12.9. The summed E-state index contributed by atoms with van der Waals surface area (Å²) < 4.78 is 5.11. The fraction of sp³-hybridized carbons (Fsp3) is 0.562. The van der Waals surface area contributed by atoms with E-state index in [2.05, 4.69) is 17.1 Å². The van der Waals surface area contributed by atoms with E-state index in [9.17, 15) is 4.79 Å². The van der Waals surface area contributed by atoms with Crippen molar-refractivity contribution in [3.63, 3.8) is 0 Å². The minimum absolute atomic E-state index is 0.324. The zero-order valence-electron chi connectivity index (χ0n) is 12.9. The summed E-state index contributed by atoms with van der Waals surface area (Å²) in [4.78, 5) is 14.5. The third-order valence-electron chi connectivity index (χ3n) is 3.85. The van der Waals surface area contributed by atoms with Crippen LogP contribution in [0.15, 0.2) is 18.2 Å². The van der Waals surface area contributed by atoms with E-state index in [0.29, 0.717) is 23.9 Å². The summed E-state index contributed by atoms with van der Waals surface area (Å²) in [6.45, 7) is 7.56. The predicted molar refractivity (Wildman–Crippen MR) is 85.6 cm³/mol. The van der Waals surface area contributed by atoms with Crippen LogP contribution in [0.4, 0.5) is 11.4 Å². The maximum absolute atomic E-state index is 12.1. The van der Waals surface area contributed by atoms with E-state index in [1.54, 1.807) is 13.0 Å². The van der Waals surface area contributed by atoms with E-state index in [0.717, 1.165) is 31.7 Å². The Morgan fingerprint density at radius 1 is 1.48 bits per heavy atom. The molecule has 1 saturated heterocycles. The van der Waals surface area contributed by atoms with Gasteiger partial charge >= 0.3 is 5.97 Å². The normalized spacial score (nSPS) is 19.2. The lowest BCUT2D eigenvalue weighted by Crippen LogP contribution is -2.42. The fourth-order valence-corrected chi connectivity index (χ4v) is 2.75. The molecular formula is C16H25N3O2. The molecule has 0 spiro atoms. The summed E-state index contributed by atoms with van der Waals surface area (Å²) in [7, 11) is 0. The first-order valence-electron chi connectivity index (χ1n) is 7.69. The lowest BCUT2D eigenvalue weighted by atomic mass is 10.0. The van der Waals surface area contributed by atoms with Crippen LogP contribution in [-0.2, 0) is 4.74 Å². The molecule has 0 radical (unpaired) electrons. The Hall–Kier alpha value is -1.75. The lowest BCUT2D eigenvalue weighted by Gasteiger charge is -2.33. The Labute approximate surface area is 126 Å². The minimum Gasteiger partial charge on any atom is -0.462 e. The predicted octanol–water partition coefficient (Wildman–Crippen LogP) is 2.34. The van der Waals surface area contributed by atoms with Gasteiger partial charge in [0.1, 0.15) is 0 Å². The largest absolute Gasteiger partial charge is 0.462 e. The molecule has 0 aliphatic carbocycles. The number of likely N-dealkylation sites (N-methyl/N-ethyl adjacent to an activating group) is 1. The second kappa shape index (κ2) is 7.31. The smallest absolute Gasteiger partial charge is 0.340 e. The third-order valence-corrected chi connectivity index (χ3v) is 3.85. The highest BCUT2D eigenvalue weighted by Crippen LogP contribution is 2.23. The number of nitrogens with zero attached hydrogens (tertiary/aromatic N) is 1. The van der Waals surface area contributed by atoms with Crippen molar-refractivity contribution in [3.05, 3.63) is 23.8 Å². The van der Waals surface area contributed by atoms with Gasteiger partial charge in [0.25, 0.3) is 0 Å². The van der Waals surface area contributed by atoms with Crippen LogP contribution in [0.5, 0.6) is 0 Å². The molecule has 0 saturated carbocycles. The van der Waals surface area contributed by atoms with Gasteiger partial charge in [-0.3, -0.25) is 0 Å². The first-order valence-corrected chi connectivity index (χ1v) is 7.69. The van der Waals surface area contributed by atoms with Gasteiger partial charge in [-0.1, -0.05) is 6.92 Å². The Kier molecular flexibility index (Phi) is 5.44. The summed E-state index contributed by atoms with van der Waals surface area (Å²) in [5.74, 6) is -0.324. The van der Waals surface area contributed by atoms with E-state index in [1.165, 1.54) is 6.42 Å². The number of piperidine rings is 1. The number of carbonyl (C=O) groups excluding carboxylic acids is 1. The Morgan fingerprint density at radius 3 is 3.00 bits per heavy atom. The lowest BCUT2D eigenvalue weighted by molar-refractivity contribution is 0.0527. The first kappa shape index (κ1) is 15.6. The summed E-state index contributed by atoms with van der Waals surface area (Å²) in [6, 6.07) is 5.72. The molecule has 1 unspecified atom stereocenters. The number of rotatable bonds is 5. The van der Waals surface area contributed by atoms with Crippen molar-refractivity contribution in [2.75, 3.05) is 37.3 Å². The van der Waals surface area contributed by atoms with Crippen molar-refractivity contribution in [1.82, 2.24) is 4.90 Å². The molecule has 0 aromatic heterocycles. The maximum Gasteiger partial charge on any atom is 0.340 e. The molecule has 1 atom stereocenters. The summed E-state index contributed by atoms with van der Waals surface area (Å²) in [5, 5.41) is 3.48. The van der Waals surface area contributed by atoms with Gasteiger partial charge in [-0.05, 0) is 51.1 Å². The highest BCUT2D eigenvalue weighted by atomic mass is 16.5. The molecular weight excluding hydrogens is 266 g/mol. The van der Waals surface area contributed by atoms with Crippen LogP contribution in [0.25, 0.3) is 0 Å². The molecule has 21 heavy (non-hydrogen) atoms. The SMILES string of the molecule is CCOC(=O)c1cc(N)ccc1NC1CCCN(CC)C1. The number of esters is 1. The standard InChI is InChI=1S/C16H25N3O2/c1-3-19-9-5-6-13(11-19)18-15-8-7-12(17)10-14(15)16(20)21-4-2/h7-8,10,13,18H,3-6,9,11,17H2,1-2H3. The van der Waals surface area contributed by atoms with Gasteiger partial charge in [0.15, 0.2) is 0 Å². The van der Waals surface area contributed by atoms with Crippen molar-refractivity contribution >= 4 is 17.3 Å². The molecule has 2 rings (SSSR count). The molecule has 5 nitrogen and oxygen atoms in total. The van der Waals surface area contributed by atoms with Crippen LogP contribution in [-0.4, -0.2) is 43.2 Å². The Morgan fingerprint density at radius 2 is 2.29 bits per heavy atom. The molecule has 1 aromatic rings. The van der Waals surface area contributed by atoms with Crippen LogP contribution in [0.1, 0.15) is 37.0 Å². The topological polar surface area (TPSA) is 67.6 Å². The van der Waals surface area contributed by atoms with Crippen LogP contribution >= 0.6 is 0 Å². The van der Waals surface area contributed by atoms with E-state index in [-0.39, 0.29) is 5.97 Å². The minimum atomic E-state index is -0.324. The van der Waals surface area contributed by atoms with E-state index in [1.807, 2.05) is 12.1 Å². The van der Waals surface area contributed by atoms with Gasteiger partial charge < -0.3 is 20.7 Å². The number of anilines is 2. The fourth-order valence-electron chi connectivity index (χ4n) is 2.75. The van der Waals surface area contributed by atoms with Crippen molar-refractivity contribution in [3.8, 4) is 0 Å². The van der Waals surface area contributed by atoms with Gasteiger partial charge in [-0.15, -0.1) is 0 Å². The average molecular weight is 291 g/mol. The number of carbonyl (C=O) groups is 1.